The Hall–Kier alpha value is -1.63. The van der Waals surface area contributed by atoms with E-state index in [1.807, 2.05) is 43.4 Å². The van der Waals surface area contributed by atoms with Crippen molar-refractivity contribution in [1.82, 2.24) is 0 Å². The maximum atomic E-state index is 11.3. The SMILES string of the molecule is C\C=C/C=c1/cc(C(C)=O)cc/c1=C\CC. The summed E-state index contributed by atoms with van der Waals surface area (Å²) in [6.07, 6.45) is 9.17. The fourth-order valence-corrected chi connectivity index (χ4v) is 1.54. The first kappa shape index (κ1) is 12.4. The van der Waals surface area contributed by atoms with E-state index >= 15 is 0 Å². The fraction of sp³-hybridized carbons (Fsp3) is 0.267. The minimum atomic E-state index is 0.109. The third-order valence-electron chi connectivity index (χ3n) is 2.39. The van der Waals surface area contributed by atoms with E-state index in [9.17, 15) is 4.79 Å². The molecule has 1 rings (SSSR count). The number of rotatable bonds is 3. The van der Waals surface area contributed by atoms with Crippen molar-refractivity contribution in [2.75, 3.05) is 0 Å². The Kier molecular flexibility index (Phi) is 4.71. The Morgan fingerprint density at radius 3 is 2.62 bits per heavy atom. The lowest BCUT2D eigenvalue weighted by molar-refractivity contribution is 0.101. The van der Waals surface area contributed by atoms with Gasteiger partial charge in [-0.15, -0.1) is 0 Å². The van der Waals surface area contributed by atoms with E-state index in [1.165, 1.54) is 5.22 Å². The average molecular weight is 214 g/mol. The largest absolute Gasteiger partial charge is 0.295 e. The second-order valence-corrected chi connectivity index (χ2v) is 3.70. The fourth-order valence-electron chi connectivity index (χ4n) is 1.54. The number of carbonyl (C=O) groups excluding carboxylic acids is 1. The monoisotopic (exact) mass is 214 g/mol. The zero-order chi connectivity index (χ0) is 12.0. The number of hydrogen-bond donors (Lipinski definition) is 0. The van der Waals surface area contributed by atoms with Gasteiger partial charge in [-0.3, -0.25) is 4.79 Å². The van der Waals surface area contributed by atoms with E-state index in [2.05, 4.69) is 13.0 Å². The molecule has 1 aromatic rings. The third-order valence-corrected chi connectivity index (χ3v) is 2.39. The summed E-state index contributed by atoms with van der Waals surface area (Å²) in [5.41, 5.74) is 0.768. The molecule has 0 saturated heterocycles. The van der Waals surface area contributed by atoms with Crippen LogP contribution in [0.25, 0.3) is 12.2 Å². The van der Waals surface area contributed by atoms with Crippen LogP contribution in [0.4, 0.5) is 0 Å². The highest BCUT2D eigenvalue weighted by atomic mass is 16.1. The summed E-state index contributed by atoms with van der Waals surface area (Å²) >= 11 is 0. The second-order valence-electron chi connectivity index (χ2n) is 3.70. The molecule has 0 radical (unpaired) electrons. The molecule has 0 spiro atoms. The number of hydrogen-bond acceptors (Lipinski definition) is 1. The molecule has 0 unspecified atom stereocenters. The first-order valence-corrected chi connectivity index (χ1v) is 5.63. The molecule has 1 aromatic carbocycles. The minimum Gasteiger partial charge on any atom is -0.295 e. The number of carbonyl (C=O) groups is 1. The molecular weight excluding hydrogens is 196 g/mol. The predicted molar refractivity (Wildman–Crippen MR) is 69.7 cm³/mol. The van der Waals surface area contributed by atoms with Crippen molar-refractivity contribution in [1.29, 1.82) is 0 Å². The van der Waals surface area contributed by atoms with Crippen molar-refractivity contribution in [3.63, 3.8) is 0 Å². The maximum absolute atomic E-state index is 11.3. The zero-order valence-electron chi connectivity index (χ0n) is 10.2. The molecule has 0 bridgehead atoms. The Labute approximate surface area is 96.8 Å². The molecule has 0 amide bonds. The summed E-state index contributed by atoms with van der Waals surface area (Å²) in [4.78, 5) is 11.3. The van der Waals surface area contributed by atoms with Crippen LogP contribution in [0.1, 0.15) is 37.6 Å². The van der Waals surface area contributed by atoms with Crippen LogP contribution >= 0.6 is 0 Å². The number of benzene rings is 1. The van der Waals surface area contributed by atoms with Gasteiger partial charge in [0.25, 0.3) is 0 Å². The van der Waals surface area contributed by atoms with Crippen molar-refractivity contribution in [3.8, 4) is 0 Å². The molecule has 1 nitrogen and oxygen atoms in total. The van der Waals surface area contributed by atoms with Gasteiger partial charge in [0, 0.05) is 5.56 Å². The molecule has 1 heteroatoms. The lowest BCUT2D eigenvalue weighted by Gasteiger charge is -1.96. The Bertz CT molecular complexity index is 507. The molecule has 0 aliphatic rings. The quantitative estimate of drug-likeness (QED) is 0.706. The van der Waals surface area contributed by atoms with E-state index in [-0.39, 0.29) is 5.78 Å². The molecule has 0 saturated carbocycles. The Morgan fingerprint density at radius 1 is 1.31 bits per heavy atom. The molecule has 16 heavy (non-hydrogen) atoms. The van der Waals surface area contributed by atoms with Crippen LogP contribution in [0, 0.1) is 0 Å². The van der Waals surface area contributed by atoms with Crippen LogP contribution in [0.2, 0.25) is 0 Å². The summed E-state index contributed by atoms with van der Waals surface area (Å²) in [6.45, 7) is 5.69. The number of Topliss-reactive ketones (excluding diaryl/α,β-unsaturated/α-hetero) is 1. The van der Waals surface area contributed by atoms with E-state index in [0.717, 1.165) is 17.2 Å². The lowest BCUT2D eigenvalue weighted by Crippen LogP contribution is -2.25. The van der Waals surface area contributed by atoms with Crippen LogP contribution in [0.3, 0.4) is 0 Å². The molecule has 0 N–H and O–H groups in total. The molecule has 0 aromatic heterocycles. The van der Waals surface area contributed by atoms with Gasteiger partial charge < -0.3 is 0 Å². The summed E-state index contributed by atoms with van der Waals surface area (Å²) in [7, 11) is 0. The molecular formula is C15H18O. The van der Waals surface area contributed by atoms with Crippen molar-refractivity contribution in [2.24, 2.45) is 0 Å². The smallest absolute Gasteiger partial charge is 0.159 e. The van der Waals surface area contributed by atoms with Gasteiger partial charge in [0.05, 0.1) is 0 Å². The molecule has 0 aliphatic carbocycles. The highest BCUT2D eigenvalue weighted by molar-refractivity contribution is 5.94. The normalized spacial score (nSPS) is 13.7. The highest BCUT2D eigenvalue weighted by Crippen LogP contribution is 1.93. The number of allylic oxidation sites excluding steroid dienone is 2. The summed E-state index contributed by atoms with van der Waals surface area (Å²) in [5, 5.41) is 2.29. The van der Waals surface area contributed by atoms with Gasteiger partial charge in [-0.2, -0.15) is 0 Å². The third kappa shape index (κ3) is 3.20. The van der Waals surface area contributed by atoms with Gasteiger partial charge in [0.2, 0.25) is 0 Å². The van der Waals surface area contributed by atoms with Crippen molar-refractivity contribution in [3.05, 3.63) is 46.4 Å². The van der Waals surface area contributed by atoms with Crippen LogP contribution in [0.5, 0.6) is 0 Å². The molecule has 0 fully saturated rings. The minimum absolute atomic E-state index is 0.109. The lowest BCUT2D eigenvalue weighted by atomic mass is 10.1. The zero-order valence-corrected chi connectivity index (χ0v) is 10.2. The van der Waals surface area contributed by atoms with E-state index in [0.29, 0.717) is 0 Å². The second kappa shape index (κ2) is 6.06. The first-order chi connectivity index (χ1) is 7.69. The van der Waals surface area contributed by atoms with Crippen molar-refractivity contribution >= 4 is 17.9 Å². The summed E-state index contributed by atoms with van der Waals surface area (Å²) < 4.78 is 0. The molecule has 0 atom stereocenters. The van der Waals surface area contributed by atoms with Crippen LogP contribution in [-0.4, -0.2) is 5.78 Å². The average Bonchev–Trinajstić information content (AvgIpc) is 2.27. The van der Waals surface area contributed by atoms with Crippen LogP contribution in [-0.2, 0) is 0 Å². The van der Waals surface area contributed by atoms with Gasteiger partial charge in [0.15, 0.2) is 5.78 Å². The molecule has 84 valence electrons. The van der Waals surface area contributed by atoms with Crippen LogP contribution < -0.4 is 10.4 Å². The van der Waals surface area contributed by atoms with E-state index in [4.69, 9.17) is 0 Å². The topological polar surface area (TPSA) is 17.1 Å². The molecule has 0 heterocycles. The van der Waals surface area contributed by atoms with E-state index in [1.54, 1.807) is 6.92 Å². The molecule has 0 aliphatic heterocycles. The van der Waals surface area contributed by atoms with Gasteiger partial charge in [-0.1, -0.05) is 43.4 Å². The van der Waals surface area contributed by atoms with Gasteiger partial charge in [-0.05, 0) is 36.8 Å². The predicted octanol–water partition coefficient (Wildman–Crippen LogP) is 2.44. The Morgan fingerprint density at radius 2 is 2.06 bits per heavy atom. The van der Waals surface area contributed by atoms with Gasteiger partial charge in [0.1, 0.15) is 0 Å². The van der Waals surface area contributed by atoms with Crippen molar-refractivity contribution in [2.45, 2.75) is 27.2 Å². The standard InChI is InChI=1S/C15H18O/c1-4-6-8-15-11-14(12(3)16)10-9-13(15)7-5-2/h4,6-11H,5H2,1-3H3/b6-4-,13-7+,15-8-. The van der Waals surface area contributed by atoms with Crippen molar-refractivity contribution < 1.29 is 4.79 Å². The number of ketones is 1. The summed E-state index contributed by atoms with van der Waals surface area (Å²) in [6, 6.07) is 5.84. The highest BCUT2D eigenvalue weighted by Gasteiger charge is 1.97. The van der Waals surface area contributed by atoms with Gasteiger partial charge in [-0.25, -0.2) is 0 Å². The van der Waals surface area contributed by atoms with E-state index < -0.39 is 0 Å². The first-order valence-electron chi connectivity index (χ1n) is 5.63. The Balaban J connectivity index is 3.44. The summed E-state index contributed by atoms with van der Waals surface area (Å²) in [5.74, 6) is 0.109. The maximum Gasteiger partial charge on any atom is 0.159 e. The van der Waals surface area contributed by atoms with Crippen LogP contribution in [0.15, 0.2) is 30.4 Å². The van der Waals surface area contributed by atoms with Gasteiger partial charge >= 0.3 is 0 Å².